The summed E-state index contributed by atoms with van der Waals surface area (Å²) >= 11 is 3.07. The van der Waals surface area contributed by atoms with E-state index in [-0.39, 0.29) is 36.5 Å². The molecule has 0 fully saturated rings. The molecule has 2 aromatic carbocycles. The van der Waals surface area contributed by atoms with Gasteiger partial charge in [-0.05, 0) is 62.6 Å². The minimum absolute atomic E-state index is 0.0621. The Morgan fingerprint density at radius 1 is 0.865 bits per heavy atom. The molecule has 3 unspecified atom stereocenters. The van der Waals surface area contributed by atoms with Crippen LogP contribution in [-0.2, 0) is 40.3 Å². The molecule has 0 aliphatic rings. The van der Waals surface area contributed by atoms with Gasteiger partial charge in [0.2, 0.25) is 11.8 Å². The standard InChI is InChI=1S/C39H53N7O4S2/c1-28(2)38-44-33(26-51-38)23-46(3)39(49)45-35(16-10-11-19-40)37(48)43-32(21-30-14-8-5-9-15-30)18-17-31(20-29-12-6-4-7-13-29)42-36(47)25-50-24-34-22-41-27-52-34/h4-9,12-15,22,26-28,31-32,35H,10-11,16-21,23-25,40H2,1-3H3,(H,42,47)(H,43,48)(H,45,49). The Balaban J connectivity index is 1.43. The lowest BCUT2D eigenvalue weighted by Crippen LogP contribution is -2.52. The van der Waals surface area contributed by atoms with Crippen molar-refractivity contribution in [2.24, 2.45) is 5.73 Å². The Morgan fingerprint density at radius 3 is 2.10 bits per heavy atom. The molecule has 3 atom stereocenters. The van der Waals surface area contributed by atoms with Crippen LogP contribution in [0, 0.1) is 0 Å². The highest BCUT2D eigenvalue weighted by atomic mass is 32.1. The highest BCUT2D eigenvalue weighted by Gasteiger charge is 2.26. The first-order valence-electron chi connectivity index (χ1n) is 18.0. The van der Waals surface area contributed by atoms with E-state index in [9.17, 15) is 14.4 Å². The van der Waals surface area contributed by atoms with Gasteiger partial charge in [0.15, 0.2) is 0 Å². The van der Waals surface area contributed by atoms with Crippen LogP contribution in [0.1, 0.15) is 78.6 Å². The predicted molar refractivity (Wildman–Crippen MR) is 208 cm³/mol. The van der Waals surface area contributed by atoms with E-state index < -0.39 is 6.04 Å². The van der Waals surface area contributed by atoms with Crippen LogP contribution in [0.3, 0.4) is 0 Å². The number of nitrogens with two attached hydrogens (primary N) is 1. The third-order valence-electron chi connectivity index (χ3n) is 8.56. The lowest BCUT2D eigenvalue weighted by atomic mass is 9.95. The smallest absolute Gasteiger partial charge is 0.318 e. The zero-order valence-electron chi connectivity index (χ0n) is 30.5. The maximum Gasteiger partial charge on any atom is 0.318 e. The summed E-state index contributed by atoms with van der Waals surface area (Å²) in [6.07, 6.45) is 6.09. The van der Waals surface area contributed by atoms with Crippen molar-refractivity contribution in [1.82, 2.24) is 30.8 Å². The van der Waals surface area contributed by atoms with E-state index in [0.717, 1.165) is 33.1 Å². The monoisotopic (exact) mass is 747 g/mol. The Labute approximate surface area is 315 Å². The fourth-order valence-corrected chi connectivity index (χ4v) is 7.13. The number of urea groups is 1. The van der Waals surface area contributed by atoms with Crippen LogP contribution in [0.4, 0.5) is 4.79 Å². The number of ether oxygens (including phenoxy) is 1. The van der Waals surface area contributed by atoms with Gasteiger partial charge in [0, 0.05) is 36.6 Å². The summed E-state index contributed by atoms with van der Waals surface area (Å²) in [6.45, 7) is 5.30. The molecule has 2 aromatic heterocycles. The van der Waals surface area contributed by atoms with Gasteiger partial charge in [-0.25, -0.2) is 9.78 Å². The van der Waals surface area contributed by atoms with Crippen molar-refractivity contribution in [3.63, 3.8) is 0 Å². The number of nitrogens with one attached hydrogen (secondary N) is 3. The number of hydrogen-bond donors (Lipinski definition) is 4. The molecule has 4 aromatic rings. The number of carbonyl (C=O) groups is 3. The van der Waals surface area contributed by atoms with Crippen molar-refractivity contribution in [2.45, 2.75) is 96.0 Å². The molecule has 5 N–H and O–H groups in total. The lowest BCUT2D eigenvalue weighted by molar-refractivity contribution is -0.127. The van der Waals surface area contributed by atoms with Crippen molar-refractivity contribution in [2.75, 3.05) is 20.2 Å². The third-order valence-corrected chi connectivity index (χ3v) is 10.5. The molecule has 4 rings (SSSR count). The summed E-state index contributed by atoms with van der Waals surface area (Å²) in [5, 5.41) is 12.4. The molecular formula is C39H53N7O4S2. The van der Waals surface area contributed by atoms with Gasteiger partial charge in [0.25, 0.3) is 0 Å². The van der Waals surface area contributed by atoms with Crippen LogP contribution in [0.2, 0.25) is 0 Å². The van der Waals surface area contributed by atoms with E-state index in [2.05, 4.69) is 39.8 Å². The average Bonchev–Trinajstić information content (AvgIpc) is 3.84. The van der Waals surface area contributed by atoms with Gasteiger partial charge in [-0.1, -0.05) is 74.5 Å². The van der Waals surface area contributed by atoms with Gasteiger partial charge < -0.3 is 31.3 Å². The highest BCUT2D eigenvalue weighted by molar-refractivity contribution is 7.09. The zero-order chi connectivity index (χ0) is 37.1. The molecule has 0 bridgehead atoms. The molecule has 280 valence electrons. The van der Waals surface area contributed by atoms with Gasteiger partial charge in [0.05, 0.1) is 34.2 Å². The Hall–Kier alpha value is -4.17. The van der Waals surface area contributed by atoms with Crippen LogP contribution < -0.4 is 21.7 Å². The number of aromatic nitrogens is 2. The second-order valence-electron chi connectivity index (χ2n) is 13.4. The number of carbonyl (C=O) groups excluding carboxylic acids is 3. The molecule has 0 aliphatic carbocycles. The third kappa shape index (κ3) is 14.5. The number of hydrogen-bond acceptors (Lipinski definition) is 9. The van der Waals surface area contributed by atoms with E-state index in [0.29, 0.717) is 64.1 Å². The predicted octanol–water partition coefficient (Wildman–Crippen LogP) is 5.81. The molecule has 0 saturated carbocycles. The first kappa shape index (κ1) is 40.6. The Bertz CT molecular complexity index is 1620. The summed E-state index contributed by atoms with van der Waals surface area (Å²) in [6, 6.07) is 18.5. The van der Waals surface area contributed by atoms with Crippen molar-refractivity contribution in [3.05, 3.63) is 104 Å². The normalized spacial score (nSPS) is 12.9. The highest BCUT2D eigenvalue weighted by Crippen LogP contribution is 2.20. The first-order chi connectivity index (χ1) is 25.2. The van der Waals surface area contributed by atoms with Crippen LogP contribution in [0.5, 0.6) is 0 Å². The summed E-state index contributed by atoms with van der Waals surface area (Å²) in [5.74, 6) is -0.120. The topological polar surface area (TPSA) is 152 Å². The Morgan fingerprint density at radius 2 is 1.52 bits per heavy atom. The molecule has 13 heteroatoms. The number of amides is 4. The van der Waals surface area contributed by atoms with Gasteiger partial charge in [0.1, 0.15) is 12.6 Å². The molecule has 4 amide bonds. The second-order valence-corrected chi connectivity index (χ2v) is 15.2. The van der Waals surface area contributed by atoms with Crippen LogP contribution in [-0.4, -0.2) is 71.0 Å². The maximum absolute atomic E-state index is 14.0. The minimum Gasteiger partial charge on any atom is -0.366 e. The van der Waals surface area contributed by atoms with Crippen LogP contribution in [0.15, 0.2) is 77.8 Å². The van der Waals surface area contributed by atoms with E-state index in [4.69, 9.17) is 10.5 Å². The van der Waals surface area contributed by atoms with Gasteiger partial charge in [-0.3, -0.25) is 14.6 Å². The van der Waals surface area contributed by atoms with E-state index in [1.54, 1.807) is 35.0 Å². The summed E-state index contributed by atoms with van der Waals surface area (Å²) < 4.78 is 5.66. The zero-order valence-corrected chi connectivity index (χ0v) is 32.1. The maximum atomic E-state index is 14.0. The molecule has 11 nitrogen and oxygen atoms in total. The van der Waals surface area contributed by atoms with E-state index >= 15 is 0 Å². The number of benzene rings is 2. The Kier molecular flexibility index (Phi) is 17.2. The summed E-state index contributed by atoms with van der Waals surface area (Å²) in [5.41, 5.74) is 10.5. The molecule has 52 heavy (non-hydrogen) atoms. The summed E-state index contributed by atoms with van der Waals surface area (Å²) in [4.78, 5) is 51.6. The fourth-order valence-electron chi connectivity index (χ4n) is 5.78. The SMILES string of the molecule is CC(C)c1nc(CN(C)C(=O)NC(CCCCN)C(=O)NC(CCC(Cc2ccccc2)NC(=O)COCc2cncs2)Cc2ccccc2)cs1. The number of rotatable bonds is 22. The second kappa shape index (κ2) is 22.0. The van der Waals surface area contributed by atoms with Gasteiger partial charge in [-0.2, -0.15) is 0 Å². The molecule has 0 saturated heterocycles. The van der Waals surface area contributed by atoms with Crippen molar-refractivity contribution in [3.8, 4) is 0 Å². The largest absolute Gasteiger partial charge is 0.366 e. The van der Waals surface area contributed by atoms with Gasteiger partial charge in [-0.15, -0.1) is 22.7 Å². The van der Waals surface area contributed by atoms with Crippen molar-refractivity contribution >= 4 is 40.5 Å². The van der Waals surface area contributed by atoms with Crippen molar-refractivity contribution in [1.29, 1.82) is 0 Å². The van der Waals surface area contributed by atoms with Gasteiger partial charge >= 0.3 is 6.03 Å². The van der Waals surface area contributed by atoms with E-state index in [1.165, 1.54) is 11.3 Å². The minimum atomic E-state index is -0.739. The van der Waals surface area contributed by atoms with Crippen LogP contribution in [0.25, 0.3) is 0 Å². The average molecular weight is 748 g/mol. The first-order valence-corrected chi connectivity index (χ1v) is 19.7. The van der Waals surface area contributed by atoms with Crippen molar-refractivity contribution < 1.29 is 19.1 Å². The molecule has 0 spiro atoms. The molecule has 2 heterocycles. The molecular weight excluding hydrogens is 695 g/mol. The quantitative estimate of drug-likeness (QED) is 0.0741. The number of unbranched alkanes of at least 4 members (excludes halogenated alkanes) is 1. The van der Waals surface area contributed by atoms with Crippen LogP contribution >= 0.6 is 22.7 Å². The number of thiazole rings is 2. The lowest BCUT2D eigenvalue weighted by Gasteiger charge is -2.27. The molecule has 0 aliphatic heterocycles. The molecule has 0 radical (unpaired) electrons. The van der Waals surface area contributed by atoms with E-state index in [1.807, 2.05) is 66.0 Å². The summed E-state index contributed by atoms with van der Waals surface area (Å²) in [7, 11) is 1.71. The number of nitrogens with zero attached hydrogens (tertiary/aromatic N) is 3. The fraction of sp³-hybridized carbons (Fsp3) is 0.462.